The quantitative estimate of drug-likeness (QED) is 0.504. The fourth-order valence-electron chi connectivity index (χ4n) is 2.96. The van der Waals surface area contributed by atoms with Gasteiger partial charge in [0.2, 0.25) is 5.82 Å². The number of hydrogen-bond donors (Lipinski definition) is 3. The molecule has 27 heavy (non-hydrogen) atoms. The number of tetrazole rings is 1. The van der Waals surface area contributed by atoms with Gasteiger partial charge in [0, 0.05) is 29.4 Å². The maximum atomic E-state index is 12.3. The molecule has 0 saturated heterocycles. The number of methoxy groups -OCH3 is 1. The van der Waals surface area contributed by atoms with E-state index in [-0.39, 0.29) is 5.56 Å². The molecule has 0 spiro atoms. The molecule has 2 heterocycles. The largest absolute Gasteiger partial charge is 0.496 e. The normalized spacial score (nSPS) is 10.9. The van der Waals surface area contributed by atoms with Crippen LogP contribution in [0.15, 0.2) is 47.3 Å². The number of aryl methyl sites for hydroxylation is 1. The number of aromatic nitrogens is 5. The first-order valence-electron chi connectivity index (χ1n) is 8.42. The lowest BCUT2D eigenvalue weighted by Crippen LogP contribution is -2.15. The highest BCUT2D eigenvalue weighted by Crippen LogP contribution is 2.30. The fourth-order valence-corrected chi connectivity index (χ4v) is 2.96. The molecule has 0 radical (unpaired) electrons. The van der Waals surface area contributed by atoms with Crippen LogP contribution in [0.2, 0.25) is 0 Å². The maximum Gasteiger partial charge on any atom is 0.253 e. The van der Waals surface area contributed by atoms with Gasteiger partial charge in [-0.05, 0) is 47.9 Å². The third-order valence-corrected chi connectivity index (χ3v) is 4.35. The SMILES string of the molecule is COc1cc(NCc2cc3cc(C)ccc3[nH]c2=O)ccc1-c1nn[nH]n1. The average Bonchev–Trinajstić information content (AvgIpc) is 3.21. The molecule has 136 valence electrons. The molecule has 8 heteroatoms. The maximum absolute atomic E-state index is 12.3. The number of anilines is 1. The lowest BCUT2D eigenvalue weighted by molar-refractivity contribution is 0.416. The Morgan fingerprint density at radius 1 is 1.15 bits per heavy atom. The third-order valence-electron chi connectivity index (χ3n) is 4.35. The predicted octanol–water partition coefficient (Wildman–Crippen LogP) is 2.64. The molecule has 0 unspecified atom stereocenters. The van der Waals surface area contributed by atoms with Crippen LogP contribution in [0.5, 0.6) is 5.75 Å². The second-order valence-electron chi connectivity index (χ2n) is 6.22. The van der Waals surface area contributed by atoms with Crippen molar-refractivity contribution in [3.05, 3.63) is 63.9 Å². The number of nitrogens with one attached hydrogen (secondary N) is 3. The zero-order valence-electron chi connectivity index (χ0n) is 14.9. The highest BCUT2D eigenvalue weighted by molar-refractivity contribution is 5.79. The van der Waals surface area contributed by atoms with Gasteiger partial charge in [0.25, 0.3) is 5.56 Å². The molecule has 0 atom stereocenters. The van der Waals surface area contributed by atoms with Crippen LogP contribution in [0.25, 0.3) is 22.3 Å². The highest BCUT2D eigenvalue weighted by Gasteiger charge is 2.11. The molecular weight excluding hydrogens is 344 g/mol. The van der Waals surface area contributed by atoms with Crippen LogP contribution in [0.3, 0.4) is 0 Å². The van der Waals surface area contributed by atoms with Crippen molar-refractivity contribution in [2.75, 3.05) is 12.4 Å². The summed E-state index contributed by atoms with van der Waals surface area (Å²) in [6.07, 6.45) is 0. The number of benzene rings is 2. The summed E-state index contributed by atoms with van der Waals surface area (Å²) in [5.41, 5.74) is 4.10. The van der Waals surface area contributed by atoms with E-state index < -0.39 is 0 Å². The van der Waals surface area contributed by atoms with Gasteiger partial charge in [-0.25, -0.2) is 0 Å². The number of fused-ring (bicyclic) bond motifs is 1. The first kappa shape index (κ1) is 16.8. The van der Waals surface area contributed by atoms with Crippen LogP contribution >= 0.6 is 0 Å². The van der Waals surface area contributed by atoms with Gasteiger partial charge in [-0.3, -0.25) is 4.79 Å². The number of nitrogens with zero attached hydrogens (tertiary/aromatic N) is 3. The smallest absolute Gasteiger partial charge is 0.253 e. The van der Waals surface area contributed by atoms with E-state index in [1.54, 1.807) is 7.11 Å². The number of rotatable bonds is 5. The summed E-state index contributed by atoms with van der Waals surface area (Å²) in [7, 11) is 1.58. The van der Waals surface area contributed by atoms with E-state index in [1.165, 1.54) is 0 Å². The summed E-state index contributed by atoms with van der Waals surface area (Å²) in [4.78, 5) is 15.2. The average molecular weight is 362 g/mol. The molecule has 0 aliphatic heterocycles. The minimum absolute atomic E-state index is 0.103. The van der Waals surface area contributed by atoms with E-state index in [0.717, 1.165) is 27.7 Å². The molecule has 8 nitrogen and oxygen atoms in total. The van der Waals surface area contributed by atoms with E-state index >= 15 is 0 Å². The number of ether oxygens (including phenoxy) is 1. The number of hydrogen-bond acceptors (Lipinski definition) is 6. The van der Waals surface area contributed by atoms with Crippen molar-refractivity contribution in [1.29, 1.82) is 0 Å². The number of aromatic amines is 2. The molecule has 2 aromatic heterocycles. The summed E-state index contributed by atoms with van der Waals surface area (Å²) < 4.78 is 5.43. The molecule has 0 saturated carbocycles. The zero-order chi connectivity index (χ0) is 18.8. The lowest BCUT2D eigenvalue weighted by Gasteiger charge is -2.11. The monoisotopic (exact) mass is 362 g/mol. The Morgan fingerprint density at radius 3 is 2.81 bits per heavy atom. The highest BCUT2D eigenvalue weighted by atomic mass is 16.5. The topological polar surface area (TPSA) is 109 Å². The Balaban J connectivity index is 1.59. The standard InChI is InChI=1S/C19H18N6O2/c1-11-3-6-16-12(7-11)8-13(19(26)21-16)10-20-14-4-5-15(17(9-14)27-2)18-22-24-25-23-18/h3-9,20H,10H2,1-2H3,(H,21,26)(H,22,23,24,25). The van der Waals surface area contributed by atoms with Crippen molar-refractivity contribution in [3.8, 4) is 17.1 Å². The summed E-state index contributed by atoms with van der Waals surface area (Å²) in [6.45, 7) is 2.42. The van der Waals surface area contributed by atoms with E-state index in [1.807, 2.05) is 43.3 Å². The molecule has 0 fully saturated rings. The van der Waals surface area contributed by atoms with Crippen molar-refractivity contribution in [2.45, 2.75) is 13.5 Å². The number of H-pyrrole nitrogens is 2. The van der Waals surface area contributed by atoms with Gasteiger partial charge in [0.15, 0.2) is 0 Å². The van der Waals surface area contributed by atoms with Crippen LogP contribution in [0.1, 0.15) is 11.1 Å². The van der Waals surface area contributed by atoms with E-state index in [2.05, 4.69) is 37.0 Å². The third kappa shape index (κ3) is 3.37. The second-order valence-corrected chi connectivity index (χ2v) is 6.22. The summed E-state index contributed by atoms with van der Waals surface area (Å²) in [5, 5.41) is 18.2. The van der Waals surface area contributed by atoms with Gasteiger partial charge in [-0.15, -0.1) is 10.2 Å². The molecule has 4 rings (SSSR count). The van der Waals surface area contributed by atoms with Gasteiger partial charge < -0.3 is 15.0 Å². The minimum atomic E-state index is -0.103. The molecule has 0 aliphatic rings. The van der Waals surface area contributed by atoms with Crippen molar-refractivity contribution >= 4 is 16.6 Å². The molecule has 0 bridgehead atoms. The van der Waals surface area contributed by atoms with Crippen molar-refractivity contribution in [1.82, 2.24) is 25.6 Å². The van der Waals surface area contributed by atoms with Gasteiger partial charge in [-0.2, -0.15) is 5.21 Å². The van der Waals surface area contributed by atoms with Crippen LogP contribution in [-0.2, 0) is 6.54 Å². The Bertz CT molecular complexity index is 1150. The fraction of sp³-hybridized carbons (Fsp3) is 0.158. The van der Waals surface area contributed by atoms with Crippen LogP contribution < -0.4 is 15.6 Å². The van der Waals surface area contributed by atoms with Gasteiger partial charge in [0.1, 0.15) is 5.75 Å². The predicted molar refractivity (Wildman–Crippen MR) is 103 cm³/mol. The first-order valence-corrected chi connectivity index (χ1v) is 8.42. The summed E-state index contributed by atoms with van der Waals surface area (Å²) in [5.74, 6) is 1.07. The Labute approximate surface area is 154 Å². The zero-order valence-corrected chi connectivity index (χ0v) is 14.9. The van der Waals surface area contributed by atoms with Crippen LogP contribution in [0.4, 0.5) is 5.69 Å². The first-order chi connectivity index (χ1) is 13.1. The molecule has 0 amide bonds. The molecule has 4 aromatic rings. The number of pyridine rings is 1. The van der Waals surface area contributed by atoms with E-state index in [9.17, 15) is 4.79 Å². The van der Waals surface area contributed by atoms with Crippen molar-refractivity contribution in [2.24, 2.45) is 0 Å². The van der Waals surface area contributed by atoms with Gasteiger partial charge in [0.05, 0.1) is 12.7 Å². The van der Waals surface area contributed by atoms with Gasteiger partial charge >= 0.3 is 0 Å². The molecule has 2 aromatic carbocycles. The van der Waals surface area contributed by atoms with Crippen LogP contribution in [0, 0.1) is 6.92 Å². The molecule has 3 N–H and O–H groups in total. The Kier molecular flexibility index (Phi) is 4.29. The second kappa shape index (κ2) is 6.91. The summed E-state index contributed by atoms with van der Waals surface area (Å²) >= 11 is 0. The minimum Gasteiger partial charge on any atom is -0.496 e. The Morgan fingerprint density at radius 2 is 2.04 bits per heavy atom. The van der Waals surface area contributed by atoms with E-state index in [4.69, 9.17) is 4.74 Å². The van der Waals surface area contributed by atoms with E-state index in [0.29, 0.717) is 23.7 Å². The molecule has 0 aliphatic carbocycles. The van der Waals surface area contributed by atoms with Crippen molar-refractivity contribution in [3.63, 3.8) is 0 Å². The molecular formula is C19H18N6O2. The Hall–Kier alpha value is -3.68. The van der Waals surface area contributed by atoms with Crippen molar-refractivity contribution < 1.29 is 4.74 Å². The summed E-state index contributed by atoms with van der Waals surface area (Å²) in [6, 6.07) is 13.4. The lowest BCUT2D eigenvalue weighted by atomic mass is 10.1. The van der Waals surface area contributed by atoms with Gasteiger partial charge in [-0.1, -0.05) is 11.6 Å². The van der Waals surface area contributed by atoms with Crippen LogP contribution in [-0.4, -0.2) is 32.7 Å².